The molecule has 0 radical (unpaired) electrons. The maximum atomic E-state index is 11.3. The predicted octanol–water partition coefficient (Wildman–Crippen LogP) is 3.12. The SMILES string of the molecule is COc1cc2[nH]ncc2cc1Nc1ncnc2[nH]c3c(c12)CC(SNCCCS(C)(=O)=O)CC3. The lowest BCUT2D eigenvalue weighted by atomic mass is 9.95. The fourth-order valence-electron chi connectivity index (χ4n) is 4.35. The van der Waals surface area contributed by atoms with Gasteiger partial charge in [-0.2, -0.15) is 5.10 Å². The number of benzene rings is 1. The second-order valence-corrected chi connectivity index (χ2v) is 12.0. The number of H-pyrrole nitrogens is 2. The van der Waals surface area contributed by atoms with Crippen LogP contribution in [0.2, 0.25) is 0 Å². The molecule has 1 aliphatic carbocycles. The summed E-state index contributed by atoms with van der Waals surface area (Å²) in [5.41, 5.74) is 4.95. The molecule has 0 saturated heterocycles. The van der Waals surface area contributed by atoms with Gasteiger partial charge < -0.3 is 15.0 Å². The van der Waals surface area contributed by atoms with E-state index in [4.69, 9.17) is 4.74 Å². The second-order valence-electron chi connectivity index (χ2n) is 8.52. The van der Waals surface area contributed by atoms with E-state index in [1.165, 1.54) is 17.5 Å². The van der Waals surface area contributed by atoms with Crippen molar-refractivity contribution in [2.24, 2.45) is 0 Å². The number of hydrogen-bond acceptors (Lipinski definition) is 9. The number of nitrogens with zero attached hydrogens (tertiary/aromatic N) is 3. The number of aromatic nitrogens is 5. The van der Waals surface area contributed by atoms with Crippen LogP contribution in [0, 0.1) is 0 Å². The molecule has 4 aromatic rings. The number of methoxy groups -OCH3 is 1. The van der Waals surface area contributed by atoms with Crippen LogP contribution < -0.4 is 14.8 Å². The molecule has 0 amide bonds. The highest BCUT2D eigenvalue weighted by molar-refractivity contribution is 7.98. The summed E-state index contributed by atoms with van der Waals surface area (Å²) in [7, 11) is -1.28. The number of rotatable bonds is 9. The molecule has 0 aliphatic heterocycles. The van der Waals surface area contributed by atoms with E-state index in [0.717, 1.165) is 52.7 Å². The molecular formula is C22H27N7O3S2. The molecule has 1 aliphatic rings. The van der Waals surface area contributed by atoms with Crippen LogP contribution in [-0.2, 0) is 22.7 Å². The maximum Gasteiger partial charge on any atom is 0.147 e. The minimum atomic E-state index is -2.92. The highest BCUT2D eigenvalue weighted by Gasteiger charge is 2.25. The Kier molecular flexibility index (Phi) is 6.36. The van der Waals surface area contributed by atoms with Crippen molar-refractivity contribution in [3.8, 4) is 5.75 Å². The van der Waals surface area contributed by atoms with Crippen molar-refractivity contribution in [3.63, 3.8) is 0 Å². The van der Waals surface area contributed by atoms with Crippen LogP contribution in [0.3, 0.4) is 0 Å². The first-order valence-electron chi connectivity index (χ1n) is 11.1. The first-order valence-corrected chi connectivity index (χ1v) is 14.0. The first kappa shape index (κ1) is 22.9. The van der Waals surface area contributed by atoms with E-state index >= 15 is 0 Å². The Morgan fingerprint density at radius 1 is 1.29 bits per heavy atom. The molecule has 3 aromatic heterocycles. The number of nitrogens with one attached hydrogen (secondary N) is 4. The van der Waals surface area contributed by atoms with Crippen molar-refractivity contribution >= 4 is 55.2 Å². The highest BCUT2D eigenvalue weighted by atomic mass is 32.2. The third-order valence-corrected chi connectivity index (χ3v) is 8.12. The summed E-state index contributed by atoms with van der Waals surface area (Å²) in [5, 5.41) is 12.9. The number of aryl methyl sites for hydroxylation is 1. The van der Waals surface area contributed by atoms with Crippen LogP contribution in [0.5, 0.6) is 5.75 Å². The lowest BCUT2D eigenvalue weighted by Crippen LogP contribution is -2.21. The van der Waals surface area contributed by atoms with Crippen LogP contribution >= 0.6 is 11.9 Å². The van der Waals surface area contributed by atoms with Crippen molar-refractivity contribution < 1.29 is 13.2 Å². The van der Waals surface area contributed by atoms with Gasteiger partial charge in [0.1, 0.15) is 33.4 Å². The number of hydrogen-bond donors (Lipinski definition) is 4. The number of ether oxygens (including phenoxy) is 1. The van der Waals surface area contributed by atoms with Gasteiger partial charge in [0.05, 0.1) is 35.6 Å². The number of sulfone groups is 1. The molecule has 1 aromatic carbocycles. The number of anilines is 2. The van der Waals surface area contributed by atoms with E-state index in [9.17, 15) is 8.42 Å². The Hall–Kier alpha value is -2.83. The third-order valence-electron chi connectivity index (χ3n) is 5.99. The minimum Gasteiger partial charge on any atom is -0.494 e. The summed E-state index contributed by atoms with van der Waals surface area (Å²) in [4.78, 5) is 12.5. The highest BCUT2D eigenvalue weighted by Crippen LogP contribution is 2.38. The zero-order valence-corrected chi connectivity index (χ0v) is 20.6. The standard InChI is InChI=1S/C22H27N7O3S2/c1-32-19-10-17-13(11-25-29-17)8-18(19)28-22-20-15-9-14(33-26-6-3-7-34(2,30)31)4-5-16(15)27-21(20)23-12-24-22/h8,10-12,14,26H,3-7,9H2,1-2H3,(H,25,29)(H2,23,24,27,28). The molecule has 0 bridgehead atoms. The first-order chi connectivity index (χ1) is 16.4. The second kappa shape index (κ2) is 9.43. The van der Waals surface area contributed by atoms with Gasteiger partial charge in [-0.05, 0) is 37.3 Å². The number of aromatic amines is 2. The van der Waals surface area contributed by atoms with Gasteiger partial charge in [-0.15, -0.1) is 0 Å². The molecule has 3 heterocycles. The van der Waals surface area contributed by atoms with Crippen molar-refractivity contribution in [3.05, 3.63) is 35.9 Å². The summed E-state index contributed by atoms with van der Waals surface area (Å²) in [6.07, 6.45) is 8.06. The normalized spacial score (nSPS) is 16.1. The molecular weight excluding hydrogens is 474 g/mol. The summed E-state index contributed by atoms with van der Waals surface area (Å²) >= 11 is 1.69. The molecule has 0 fully saturated rings. The molecule has 34 heavy (non-hydrogen) atoms. The zero-order valence-electron chi connectivity index (χ0n) is 19.0. The summed E-state index contributed by atoms with van der Waals surface area (Å²) < 4.78 is 31.6. The molecule has 4 N–H and O–H groups in total. The Labute approximate surface area is 201 Å². The Morgan fingerprint density at radius 2 is 2.18 bits per heavy atom. The smallest absolute Gasteiger partial charge is 0.147 e. The molecule has 12 heteroatoms. The van der Waals surface area contributed by atoms with E-state index < -0.39 is 9.84 Å². The van der Waals surface area contributed by atoms with Gasteiger partial charge in [0, 0.05) is 35.2 Å². The van der Waals surface area contributed by atoms with Crippen molar-refractivity contribution in [2.75, 3.05) is 31.0 Å². The van der Waals surface area contributed by atoms with Crippen LogP contribution in [-0.4, -0.2) is 64.5 Å². The zero-order chi connectivity index (χ0) is 23.7. The molecule has 1 atom stereocenters. The lowest BCUT2D eigenvalue weighted by Gasteiger charge is -2.22. The maximum absolute atomic E-state index is 11.3. The third kappa shape index (κ3) is 4.84. The van der Waals surface area contributed by atoms with Gasteiger partial charge in [0.15, 0.2) is 0 Å². The molecule has 5 rings (SSSR count). The van der Waals surface area contributed by atoms with Crippen LogP contribution in [0.25, 0.3) is 21.9 Å². The molecule has 10 nitrogen and oxygen atoms in total. The van der Waals surface area contributed by atoms with Gasteiger partial charge in [-0.25, -0.2) is 18.4 Å². The summed E-state index contributed by atoms with van der Waals surface area (Å²) in [6, 6.07) is 3.90. The van der Waals surface area contributed by atoms with Gasteiger partial charge in [-0.1, -0.05) is 11.9 Å². The molecule has 180 valence electrons. The molecule has 1 unspecified atom stereocenters. The van der Waals surface area contributed by atoms with E-state index in [2.05, 4.69) is 35.2 Å². The quantitative estimate of drug-likeness (QED) is 0.201. The Morgan fingerprint density at radius 3 is 3.00 bits per heavy atom. The average Bonchev–Trinajstić information content (AvgIpc) is 3.41. The van der Waals surface area contributed by atoms with Gasteiger partial charge >= 0.3 is 0 Å². The summed E-state index contributed by atoms with van der Waals surface area (Å²) in [5.74, 6) is 1.63. The topological polar surface area (TPSA) is 138 Å². The monoisotopic (exact) mass is 501 g/mol. The van der Waals surface area contributed by atoms with Crippen LogP contribution in [0.4, 0.5) is 11.5 Å². The lowest BCUT2D eigenvalue weighted by molar-refractivity contribution is 0.417. The minimum absolute atomic E-state index is 0.207. The van der Waals surface area contributed by atoms with E-state index in [1.54, 1.807) is 31.6 Å². The van der Waals surface area contributed by atoms with Gasteiger partial charge in [-0.3, -0.25) is 9.82 Å². The van der Waals surface area contributed by atoms with Crippen molar-refractivity contribution in [1.29, 1.82) is 0 Å². The van der Waals surface area contributed by atoms with Crippen LogP contribution in [0.1, 0.15) is 24.1 Å². The fraction of sp³-hybridized carbons (Fsp3) is 0.409. The van der Waals surface area contributed by atoms with E-state index in [1.807, 2.05) is 12.1 Å². The van der Waals surface area contributed by atoms with Gasteiger partial charge in [0.2, 0.25) is 0 Å². The van der Waals surface area contributed by atoms with Crippen LogP contribution in [0.15, 0.2) is 24.7 Å². The Balaban J connectivity index is 1.36. The van der Waals surface area contributed by atoms with Crippen molar-refractivity contribution in [1.82, 2.24) is 29.9 Å². The number of fused-ring (bicyclic) bond motifs is 4. The molecule has 0 saturated carbocycles. The predicted molar refractivity (Wildman–Crippen MR) is 136 cm³/mol. The Bertz CT molecular complexity index is 1430. The van der Waals surface area contributed by atoms with E-state index in [0.29, 0.717) is 24.0 Å². The van der Waals surface area contributed by atoms with Gasteiger partial charge in [0.25, 0.3) is 0 Å². The average molecular weight is 502 g/mol. The van der Waals surface area contributed by atoms with Crippen molar-refractivity contribution in [2.45, 2.75) is 30.9 Å². The summed E-state index contributed by atoms with van der Waals surface area (Å²) in [6.45, 7) is 0.668. The van der Waals surface area contributed by atoms with E-state index in [-0.39, 0.29) is 5.75 Å². The fourth-order valence-corrected chi connectivity index (χ4v) is 6.01. The largest absolute Gasteiger partial charge is 0.494 e. The molecule has 0 spiro atoms.